The predicted molar refractivity (Wildman–Crippen MR) is 90.0 cm³/mol. The van der Waals surface area contributed by atoms with E-state index in [1.807, 2.05) is 0 Å². The van der Waals surface area contributed by atoms with Crippen LogP contribution >= 0.6 is 0 Å². The third-order valence-electron chi connectivity index (χ3n) is 4.48. The van der Waals surface area contributed by atoms with Gasteiger partial charge >= 0.3 is 0 Å². The summed E-state index contributed by atoms with van der Waals surface area (Å²) in [7, 11) is 2.19. The average molecular weight is 290 g/mol. The molecule has 1 fully saturated rings. The van der Waals surface area contributed by atoms with E-state index in [0.717, 1.165) is 42.8 Å². The van der Waals surface area contributed by atoms with Crippen molar-refractivity contribution in [3.63, 3.8) is 0 Å². The molecule has 1 aromatic rings. The topological polar surface area (TPSA) is 41.1 Å². The van der Waals surface area contributed by atoms with Crippen molar-refractivity contribution < 1.29 is 0 Å². The molecule has 4 nitrogen and oxygen atoms in total. The minimum Gasteiger partial charge on any atom is -0.370 e. The molecule has 0 aromatic carbocycles. The van der Waals surface area contributed by atoms with Crippen molar-refractivity contribution >= 4 is 11.6 Å². The second-order valence-electron chi connectivity index (χ2n) is 6.33. The quantitative estimate of drug-likeness (QED) is 0.863. The molecule has 1 heterocycles. The van der Waals surface area contributed by atoms with E-state index in [4.69, 9.17) is 4.98 Å². The Balaban J connectivity index is 2.16. The van der Waals surface area contributed by atoms with Crippen molar-refractivity contribution in [2.75, 3.05) is 23.8 Å². The Morgan fingerprint density at radius 1 is 1.19 bits per heavy atom. The van der Waals surface area contributed by atoms with Crippen LogP contribution in [0.1, 0.15) is 58.7 Å². The Hall–Kier alpha value is -1.32. The Bertz CT molecular complexity index is 414. The van der Waals surface area contributed by atoms with Gasteiger partial charge in [0.25, 0.3) is 0 Å². The minimum absolute atomic E-state index is 0.625. The standard InChI is InChI=1S/C17H30N4/c1-5-7-15-19-16(18-6-2)12-17(20-15)21(4)14-10-8-13(3)9-11-14/h12-14H,5-11H2,1-4H3,(H,18,19,20). The van der Waals surface area contributed by atoms with E-state index in [1.165, 1.54) is 25.7 Å². The van der Waals surface area contributed by atoms with Gasteiger partial charge < -0.3 is 10.2 Å². The van der Waals surface area contributed by atoms with Crippen LogP contribution < -0.4 is 10.2 Å². The summed E-state index contributed by atoms with van der Waals surface area (Å²) in [5, 5.41) is 3.33. The second-order valence-corrected chi connectivity index (χ2v) is 6.33. The summed E-state index contributed by atoms with van der Waals surface area (Å²) in [4.78, 5) is 11.7. The van der Waals surface area contributed by atoms with Gasteiger partial charge in [-0.25, -0.2) is 9.97 Å². The monoisotopic (exact) mass is 290 g/mol. The first-order chi connectivity index (χ1) is 10.1. The molecule has 0 aliphatic heterocycles. The first-order valence-corrected chi connectivity index (χ1v) is 8.48. The fraction of sp³-hybridized carbons (Fsp3) is 0.765. The first kappa shape index (κ1) is 16.1. The molecule has 0 saturated heterocycles. The normalized spacial score (nSPS) is 22.1. The molecule has 1 N–H and O–H groups in total. The van der Waals surface area contributed by atoms with Gasteiger partial charge in [0, 0.05) is 32.1 Å². The van der Waals surface area contributed by atoms with Gasteiger partial charge in [-0.05, 0) is 44.9 Å². The Morgan fingerprint density at radius 2 is 1.90 bits per heavy atom. The third kappa shape index (κ3) is 4.32. The summed E-state index contributed by atoms with van der Waals surface area (Å²) in [5.74, 6) is 3.88. The van der Waals surface area contributed by atoms with Crippen LogP contribution in [0.15, 0.2) is 6.07 Å². The van der Waals surface area contributed by atoms with Gasteiger partial charge in [0.2, 0.25) is 0 Å². The maximum atomic E-state index is 4.77. The lowest BCUT2D eigenvalue weighted by Gasteiger charge is -2.34. The van der Waals surface area contributed by atoms with Crippen molar-refractivity contribution in [3.05, 3.63) is 11.9 Å². The molecule has 0 radical (unpaired) electrons. The lowest BCUT2D eigenvalue weighted by Crippen LogP contribution is -2.35. The molecule has 0 spiro atoms. The molecular weight excluding hydrogens is 260 g/mol. The van der Waals surface area contributed by atoms with Gasteiger partial charge in [0.1, 0.15) is 17.5 Å². The fourth-order valence-electron chi connectivity index (χ4n) is 3.09. The number of rotatable bonds is 6. The van der Waals surface area contributed by atoms with Gasteiger partial charge in [-0.1, -0.05) is 13.8 Å². The van der Waals surface area contributed by atoms with Gasteiger partial charge in [0.05, 0.1) is 0 Å². The van der Waals surface area contributed by atoms with Crippen LogP contribution in [0, 0.1) is 5.92 Å². The molecule has 1 saturated carbocycles. The van der Waals surface area contributed by atoms with E-state index in [2.05, 4.69) is 49.1 Å². The Morgan fingerprint density at radius 3 is 2.52 bits per heavy atom. The van der Waals surface area contributed by atoms with Crippen LogP contribution in [-0.2, 0) is 6.42 Å². The van der Waals surface area contributed by atoms with Crippen LogP contribution in [0.3, 0.4) is 0 Å². The van der Waals surface area contributed by atoms with Crippen LogP contribution in [0.4, 0.5) is 11.6 Å². The zero-order chi connectivity index (χ0) is 15.2. The van der Waals surface area contributed by atoms with E-state index in [9.17, 15) is 0 Å². The second kappa shape index (κ2) is 7.62. The number of hydrogen-bond acceptors (Lipinski definition) is 4. The number of aryl methyl sites for hydroxylation is 1. The van der Waals surface area contributed by atoms with Crippen LogP contribution in [-0.4, -0.2) is 29.6 Å². The summed E-state index contributed by atoms with van der Waals surface area (Å²) in [5.41, 5.74) is 0. The highest BCUT2D eigenvalue weighted by atomic mass is 15.2. The summed E-state index contributed by atoms with van der Waals surface area (Å²) >= 11 is 0. The van der Waals surface area contributed by atoms with E-state index in [0.29, 0.717) is 6.04 Å². The SMILES string of the molecule is CCCc1nc(NCC)cc(N(C)C2CCC(C)CC2)n1. The number of nitrogens with zero attached hydrogens (tertiary/aromatic N) is 3. The summed E-state index contributed by atoms with van der Waals surface area (Å²) < 4.78 is 0. The summed E-state index contributed by atoms with van der Waals surface area (Å²) in [6, 6.07) is 2.72. The molecule has 0 bridgehead atoms. The molecule has 0 unspecified atom stereocenters. The zero-order valence-electron chi connectivity index (χ0n) is 14.0. The van der Waals surface area contributed by atoms with E-state index in [-0.39, 0.29) is 0 Å². The van der Waals surface area contributed by atoms with Gasteiger partial charge in [-0.3, -0.25) is 0 Å². The maximum Gasteiger partial charge on any atom is 0.134 e. The van der Waals surface area contributed by atoms with E-state index >= 15 is 0 Å². The summed E-state index contributed by atoms with van der Waals surface area (Å²) in [6.45, 7) is 7.54. The fourth-order valence-corrected chi connectivity index (χ4v) is 3.09. The van der Waals surface area contributed by atoms with Crippen molar-refractivity contribution in [1.29, 1.82) is 0 Å². The maximum absolute atomic E-state index is 4.77. The smallest absolute Gasteiger partial charge is 0.134 e. The lowest BCUT2D eigenvalue weighted by atomic mass is 9.87. The molecule has 1 aromatic heterocycles. The molecule has 4 heteroatoms. The summed E-state index contributed by atoms with van der Waals surface area (Å²) in [6.07, 6.45) is 7.26. The van der Waals surface area contributed by atoms with Crippen molar-refractivity contribution in [2.24, 2.45) is 5.92 Å². The molecule has 21 heavy (non-hydrogen) atoms. The third-order valence-corrected chi connectivity index (χ3v) is 4.48. The van der Waals surface area contributed by atoms with Crippen molar-refractivity contribution in [2.45, 2.75) is 65.3 Å². The molecule has 1 aliphatic rings. The minimum atomic E-state index is 0.625. The Kier molecular flexibility index (Phi) is 5.83. The number of nitrogens with one attached hydrogen (secondary N) is 1. The predicted octanol–water partition coefficient (Wildman–Crippen LogP) is 3.88. The Labute approximate surface area is 129 Å². The van der Waals surface area contributed by atoms with Crippen molar-refractivity contribution in [3.8, 4) is 0 Å². The number of anilines is 2. The number of aromatic nitrogens is 2. The van der Waals surface area contributed by atoms with Crippen LogP contribution in [0.25, 0.3) is 0 Å². The molecule has 0 amide bonds. The van der Waals surface area contributed by atoms with E-state index in [1.54, 1.807) is 0 Å². The average Bonchev–Trinajstić information content (AvgIpc) is 2.48. The zero-order valence-corrected chi connectivity index (χ0v) is 14.0. The molecule has 2 rings (SSSR count). The van der Waals surface area contributed by atoms with Gasteiger partial charge in [-0.2, -0.15) is 0 Å². The number of hydrogen-bond donors (Lipinski definition) is 1. The molecular formula is C17H30N4. The van der Waals surface area contributed by atoms with Crippen molar-refractivity contribution in [1.82, 2.24) is 9.97 Å². The molecule has 1 aliphatic carbocycles. The van der Waals surface area contributed by atoms with Gasteiger partial charge in [-0.15, -0.1) is 0 Å². The van der Waals surface area contributed by atoms with Gasteiger partial charge in [0.15, 0.2) is 0 Å². The molecule has 0 atom stereocenters. The highest BCUT2D eigenvalue weighted by Gasteiger charge is 2.23. The van der Waals surface area contributed by atoms with E-state index < -0.39 is 0 Å². The molecule has 118 valence electrons. The first-order valence-electron chi connectivity index (χ1n) is 8.48. The largest absolute Gasteiger partial charge is 0.370 e. The van der Waals surface area contributed by atoms with Crippen LogP contribution in [0.2, 0.25) is 0 Å². The van der Waals surface area contributed by atoms with Crippen LogP contribution in [0.5, 0.6) is 0 Å². The highest BCUT2D eigenvalue weighted by Crippen LogP contribution is 2.29. The lowest BCUT2D eigenvalue weighted by molar-refractivity contribution is 0.340. The highest BCUT2D eigenvalue weighted by molar-refractivity contribution is 5.49.